The molecule has 3 aromatic rings. The summed E-state index contributed by atoms with van der Waals surface area (Å²) in [4.78, 5) is 13.6. The Morgan fingerprint density at radius 1 is 1.05 bits per heavy atom. The van der Waals surface area contributed by atoms with E-state index in [9.17, 15) is 13.2 Å². The Bertz CT molecular complexity index is 1420. The lowest BCUT2D eigenvalue weighted by Gasteiger charge is -2.35. The van der Waals surface area contributed by atoms with Crippen LogP contribution in [0.1, 0.15) is 54.5 Å². The fourth-order valence-corrected chi connectivity index (χ4v) is 6.72. The topological polar surface area (TPSA) is 75.7 Å². The van der Waals surface area contributed by atoms with Gasteiger partial charge in [-0.1, -0.05) is 54.4 Å². The molecule has 1 aliphatic carbocycles. The van der Waals surface area contributed by atoms with Crippen LogP contribution in [0.4, 0.5) is 5.69 Å². The Kier molecular flexibility index (Phi) is 7.19. The number of aryl methyl sites for hydroxylation is 3. The molecular weight excluding hydrogens is 508 g/mol. The minimum absolute atomic E-state index is 0.144. The quantitative estimate of drug-likeness (QED) is 0.433. The second kappa shape index (κ2) is 10.4. The summed E-state index contributed by atoms with van der Waals surface area (Å²) in [6, 6.07) is 17.7. The second-order valence-electron chi connectivity index (χ2n) is 9.77. The van der Waals surface area contributed by atoms with Gasteiger partial charge in [-0.15, -0.1) is 0 Å². The zero-order valence-corrected chi connectivity index (χ0v) is 22.6. The van der Waals surface area contributed by atoms with Crippen LogP contribution < -0.4 is 14.4 Å². The Hall–Kier alpha value is -3.03. The second-order valence-corrected chi connectivity index (χ2v) is 12.1. The summed E-state index contributed by atoms with van der Waals surface area (Å²) in [5.41, 5.74) is 5.07. The van der Waals surface area contributed by atoms with E-state index >= 15 is 0 Å². The maximum absolute atomic E-state index is 13.7. The monoisotopic (exact) mass is 538 g/mol. The summed E-state index contributed by atoms with van der Waals surface area (Å²) in [6.07, 6.45) is 4.25. The number of halogens is 1. The van der Waals surface area contributed by atoms with Crippen molar-refractivity contribution in [1.82, 2.24) is 5.32 Å². The first-order valence-corrected chi connectivity index (χ1v) is 14.6. The van der Waals surface area contributed by atoms with Gasteiger partial charge in [0.1, 0.15) is 5.75 Å². The highest BCUT2D eigenvalue weighted by atomic mass is 35.5. The number of anilines is 1. The van der Waals surface area contributed by atoms with E-state index in [-0.39, 0.29) is 23.4 Å². The highest BCUT2D eigenvalue weighted by Gasteiger charge is 2.38. The number of benzene rings is 3. The van der Waals surface area contributed by atoms with Crippen molar-refractivity contribution in [1.29, 1.82) is 0 Å². The van der Waals surface area contributed by atoms with Crippen molar-refractivity contribution in [2.45, 2.75) is 63.0 Å². The first kappa shape index (κ1) is 25.6. The number of ether oxygens (including phenoxy) is 1. The summed E-state index contributed by atoms with van der Waals surface area (Å²) in [5, 5.41) is 3.49. The molecule has 0 fully saturated rings. The summed E-state index contributed by atoms with van der Waals surface area (Å²) >= 11 is 6.21. The summed E-state index contributed by atoms with van der Waals surface area (Å²) in [7, 11) is -3.96. The average molecular weight is 539 g/mol. The molecule has 0 saturated carbocycles. The number of carbonyl (C=O) groups excluding carboxylic acids is 1. The predicted molar refractivity (Wildman–Crippen MR) is 146 cm³/mol. The number of sulfonamides is 1. The molecule has 37 heavy (non-hydrogen) atoms. The molecule has 194 valence electrons. The van der Waals surface area contributed by atoms with Gasteiger partial charge in [-0.3, -0.25) is 9.10 Å². The fourth-order valence-electron chi connectivity index (χ4n) is 5.08. The molecule has 1 amide bonds. The molecule has 1 heterocycles. The van der Waals surface area contributed by atoms with Gasteiger partial charge in [0.25, 0.3) is 15.9 Å². The largest absolute Gasteiger partial charge is 0.476 e. The van der Waals surface area contributed by atoms with Gasteiger partial charge in [0.05, 0.1) is 23.2 Å². The molecule has 2 atom stereocenters. The van der Waals surface area contributed by atoms with Crippen molar-refractivity contribution in [3.63, 3.8) is 0 Å². The number of carbonyl (C=O) groups is 1. The van der Waals surface area contributed by atoms with E-state index in [1.165, 1.54) is 28.3 Å². The molecule has 0 unspecified atom stereocenters. The number of hydrogen-bond acceptors (Lipinski definition) is 4. The molecule has 1 N–H and O–H groups in total. The zero-order valence-electron chi connectivity index (χ0n) is 21.0. The highest BCUT2D eigenvalue weighted by Crippen LogP contribution is 2.39. The molecule has 3 aromatic carbocycles. The van der Waals surface area contributed by atoms with Crippen LogP contribution in [0, 0.1) is 6.92 Å². The summed E-state index contributed by atoms with van der Waals surface area (Å²) in [6.45, 7) is 3.76. The molecule has 0 radical (unpaired) electrons. The van der Waals surface area contributed by atoms with Crippen molar-refractivity contribution in [3.8, 4) is 5.75 Å². The van der Waals surface area contributed by atoms with Gasteiger partial charge in [0, 0.05) is 5.02 Å². The van der Waals surface area contributed by atoms with Gasteiger partial charge in [0.2, 0.25) is 0 Å². The normalized spacial score (nSPS) is 17.8. The number of fused-ring (bicyclic) bond motifs is 2. The number of hydrogen-bond donors (Lipinski definition) is 1. The van der Waals surface area contributed by atoms with Crippen molar-refractivity contribution in [2.75, 3.05) is 10.8 Å². The standard InChI is InChI=1S/C29H31ClN2O4S/c1-3-25(22-11-10-20-6-4-5-7-21(20)16-22)31-29(33)28-18-32(26-17-23(30)12-15-27(26)36-28)37(34,35)24-13-8-19(2)9-14-24/h8-17,25,28H,3-7,18H2,1-2H3,(H,31,33)/t25-,28-/m0/s1. The average Bonchev–Trinajstić information content (AvgIpc) is 2.91. The van der Waals surface area contributed by atoms with Crippen LogP contribution in [0.2, 0.25) is 5.02 Å². The first-order chi connectivity index (χ1) is 17.8. The molecule has 8 heteroatoms. The van der Waals surface area contributed by atoms with E-state index in [0.29, 0.717) is 22.9 Å². The third kappa shape index (κ3) is 5.20. The van der Waals surface area contributed by atoms with E-state index in [0.717, 1.165) is 24.0 Å². The van der Waals surface area contributed by atoms with E-state index in [2.05, 4.69) is 23.5 Å². The third-order valence-corrected chi connectivity index (χ3v) is 9.22. The maximum Gasteiger partial charge on any atom is 0.264 e. The Balaban J connectivity index is 1.42. The smallest absolute Gasteiger partial charge is 0.264 e. The van der Waals surface area contributed by atoms with Crippen molar-refractivity contribution in [2.24, 2.45) is 0 Å². The van der Waals surface area contributed by atoms with E-state index in [4.69, 9.17) is 16.3 Å². The van der Waals surface area contributed by atoms with Crippen LogP contribution in [0.15, 0.2) is 65.6 Å². The molecule has 1 aliphatic heterocycles. The lowest BCUT2D eigenvalue weighted by molar-refractivity contribution is -0.128. The Labute approximate surface area is 223 Å². The Morgan fingerprint density at radius 2 is 1.78 bits per heavy atom. The highest BCUT2D eigenvalue weighted by molar-refractivity contribution is 7.92. The number of rotatable bonds is 6. The van der Waals surface area contributed by atoms with E-state index < -0.39 is 16.1 Å². The molecule has 2 aliphatic rings. The van der Waals surface area contributed by atoms with Gasteiger partial charge in [0.15, 0.2) is 6.10 Å². The van der Waals surface area contributed by atoms with Crippen LogP contribution in [-0.2, 0) is 27.7 Å². The summed E-state index contributed by atoms with van der Waals surface area (Å²) < 4.78 is 34.6. The Morgan fingerprint density at radius 3 is 2.51 bits per heavy atom. The molecular formula is C29H31ClN2O4S. The van der Waals surface area contributed by atoms with Gasteiger partial charge >= 0.3 is 0 Å². The zero-order chi connectivity index (χ0) is 26.2. The molecule has 5 rings (SSSR count). The van der Waals surface area contributed by atoms with Crippen LogP contribution >= 0.6 is 11.6 Å². The maximum atomic E-state index is 13.7. The van der Waals surface area contributed by atoms with Crippen molar-refractivity contribution in [3.05, 3.63) is 87.9 Å². The fraction of sp³-hybridized carbons (Fsp3) is 0.345. The predicted octanol–water partition coefficient (Wildman–Crippen LogP) is 5.75. The van der Waals surface area contributed by atoms with Crippen molar-refractivity contribution >= 4 is 33.2 Å². The van der Waals surface area contributed by atoms with Gasteiger partial charge < -0.3 is 10.1 Å². The van der Waals surface area contributed by atoms with Gasteiger partial charge in [-0.05, 0) is 86.1 Å². The summed E-state index contributed by atoms with van der Waals surface area (Å²) in [5.74, 6) is -0.0532. The lowest BCUT2D eigenvalue weighted by atomic mass is 9.88. The van der Waals surface area contributed by atoms with E-state index in [1.807, 2.05) is 13.8 Å². The number of nitrogens with one attached hydrogen (secondary N) is 1. The van der Waals surface area contributed by atoms with Crippen molar-refractivity contribution < 1.29 is 17.9 Å². The first-order valence-electron chi connectivity index (χ1n) is 12.7. The molecule has 0 aromatic heterocycles. The SMILES string of the molecule is CC[C@H](NC(=O)[C@@H]1CN(S(=O)(=O)c2ccc(C)cc2)c2cc(Cl)ccc2O1)c1ccc2c(c1)CCCC2. The molecule has 0 bridgehead atoms. The number of nitrogens with zero attached hydrogens (tertiary/aromatic N) is 1. The minimum atomic E-state index is -3.96. The van der Waals surface area contributed by atoms with E-state index in [1.54, 1.807) is 42.5 Å². The molecule has 6 nitrogen and oxygen atoms in total. The molecule has 0 spiro atoms. The number of amides is 1. The van der Waals surface area contributed by atoms with Gasteiger partial charge in [-0.2, -0.15) is 0 Å². The third-order valence-electron chi connectivity index (χ3n) is 7.19. The van der Waals surface area contributed by atoms with Crippen LogP contribution in [0.3, 0.4) is 0 Å². The minimum Gasteiger partial charge on any atom is -0.476 e. The van der Waals surface area contributed by atoms with Crippen LogP contribution in [-0.4, -0.2) is 27.0 Å². The van der Waals surface area contributed by atoms with Crippen LogP contribution in [0.25, 0.3) is 0 Å². The van der Waals surface area contributed by atoms with Gasteiger partial charge in [-0.25, -0.2) is 8.42 Å². The van der Waals surface area contributed by atoms with Crippen LogP contribution in [0.5, 0.6) is 5.75 Å². The molecule has 0 saturated heterocycles. The lowest BCUT2D eigenvalue weighted by Crippen LogP contribution is -2.51.